The summed E-state index contributed by atoms with van der Waals surface area (Å²) < 4.78 is 11.5. The SMILES string of the molecule is CCOc1ccc(N=C2S/C(=C\c3ccccc3OCc3ccccc3C#N)C(=O)N2CC)cc1. The second-order valence-electron chi connectivity index (χ2n) is 7.58. The van der Waals surface area contributed by atoms with Crippen molar-refractivity contribution in [2.75, 3.05) is 13.2 Å². The van der Waals surface area contributed by atoms with E-state index in [1.54, 1.807) is 11.0 Å². The van der Waals surface area contributed by atoms with Gasteiger partial charge < -0.3 is 9.47 Å². The number of nitriles is 1. The highest BCUT2D eigenvalue weighted by molar-refractivity contribution is 8.18. The van der Waals surface area contributed by atoms with E-state index in [2.05, 4.69) is 6.07 Å². The Morgan fingerprint density at radius 1 is 1.00 bits per heavy atom. The maximum atomic E-state index is 13.1. The van der Waals surface area contributed by atoms with Crippen LogP contribution in [-0.2, 0) is 11.4 Å². The minimum absolute atomic E-state index is 0.0909. The van der Waals surface area contributed by atoms with Crippen LogP contribution in [0.5, 0.6) is 11.5 Å². The van der Waals surface area contributed by atoms with Gasteiger partial charge in [0.15, 0.2) is 5.17 Å². The van der Waals surface area contributed by atoms with Crippen LogP contribution in [0.3, 0.4) is 0 Å². The van der Waals surface area contributed by atoms with Crippen molar-refractivity contribution in [2.45, 2.75) is 20.5 Å². The van der Waals surface area contributed by atoms with Crippen LogP contribution < -0.4 is 9.47 Å². The van der Waals surface area contributed by atoms with Crippen molar-refractivity contribution in [1.29, 1.82) is 5.26 Å². The Kier molecular flexibility index (Phi) is 7.86. The van der Waals surface area contributed by atoms with E-state index >= 15 is 0 Å². The van der Waals surface area contributed by atoms with Gasteiger partial charge in [-0.3, -0.25) is 9.69 Å². The summed E-state index contributed by atoms with van der Waals surface area (Å²) in [6.45, 7) is 5.25. The van der Waals surface area contributed by atoms with Crippen LogP contribution in [0.25, 0.3) is 6.08 Å². The van der Waals surface area contributed by atoms with Gasteiger partial charge in [-0.1, -0.05) is 36.4 Å². The number of aliphatic imine (C=N–C) groups is 1. The zero-order valence-electron chi connectivity index (χ0n) is 19.6. The number of amidine groups is 1. The number of amides is 1. The lowest BCUT2D eigenvalue weighted by Gasteiger charge is -2.12. The van der Waals surface area contributed by atoms with Gasteiger partial charge >= 0.3 is 0 Å². The number of thioether (sulfide) groups is 1. The molecular formula is C28H25N3O3S. The molecule has 0 bridgehead atoms. The Hall–Kier alpha value is -4.02. The number of carbonyl (C=O) groups is 1. The molecule has 176 valence electrons. The third-order valence-electron chi connectivity index (χ3n) is 5.30. The molecule has 6 nitrogen and oxygen atoms in total. The summed E-state index contributed by atoms with van der Waals surface area (Å²) >= 11 is 1.34. The van der Waals surface area contributed by atoms with Crippen LogP contribution in [-0.4, -0.2) is 29.1 Å². The van der Waals surface area contributed by atoms with Crippen molar-refractivity contribution in [1.82, 2.24) is 4.90 Å². The molecule has 7 heteroatoms. The number of para-hydroxylation sites is 1. The van der Waals surface area contributed by atoms with E-state index in [0.29, 0.717) is 34.5 Å². The first-order chi connectivity index (χ1) is 17.1. The van der Waals surface area contributed by atoms with E-state index in [4.69, 9.17) is 14.5 Å². The topological polar surface area (TPSA) is 74.9 Å². The number of ether oxygens (including phenoxy) is 2. The van der Waals surface area contributed by atoms with Crippen molar-refractivity contribution < 1.29 is 14.3 Å². The van der Waals surface area contributed by atoms with Crippen molar-refractivity contribution in [2.24, 2.45) is 4.99 Å². The Bertz CT molecular complexity index is 1310. The predicted molar refractivity (Wildman–Crippen MR) is 140 cm³/mol. The standard InChI is InChI=1S/C28H25N3O3S/c1-3-31-27(32)26(35-28(31)30-23-13-15-24(16-14-23)33-4-2)17-20-9-7-8-12-25(20)34-19-22-11-6-5-10-21(22)18-29/h5-17H,3-4,19H2,1-2H3/b26-17-,30-28?. The van der Waals surface area contributed by atoms with Gasteiger partial charge in [0, 0.05) is 17.7 Å². The second kappa shape index (κ2) is 11.4. The third kappa shape index (κ3) is 5.73. The van der Waals surface area contributed by atoms with Crippen molar-refractivity contribution in [3.05, 3.63) is 94.4 Å². The molecule has 0 unspecified atom stereocenters. The number of nitrogens with zero attached hydrogens (tertiary/aromatic N) is 3. The number of hydrogen-bond acceptors (Lipinski definition) is 6. The van der Waals surface area contributed by atoms with Crippen molar-refractivity contribution in [3.8, 4) is 17.6 Å². The number of carbonyl (C=O) groups excluding carboxylic acids is 1. The molecule has 4 rings (SSSR count). The minimum Gasteiger partial charge on any atom is -0.494 e. The first-order valence-electron chi connectivity index (χ1n) is 11.4. The average Bonchev–Trinajstić information content (AvgIpc) is 3.18. The molecule has 0 N–H and O–H groups in total. The summed E-state index contributed by atoms with van der Waals surface area (Å²) in [6, 6.07) is 24.6. The maximum Gasteiger partial charge on any atom is 0.266 e. The zero-order valence-corrected chi connectivity index (χ0v) is 20.4. The van der Waals surface area contributed by atoms with Crippen LogP contribution in [0.1, 0.15) is 30.5 Å². The highest BCUT2D eigenvalue weighted by atomic mass is 32.2. The van der Waals surface area contributed by atoms with Crippen molar-refractivity contribution >= 4 is 34.6 Å². The van der Waals surface area contributed by atoms with Crippen LogP contribution in [0.2, 0.25) is 0 Å². The van der Waals surface area contributed by atoms with E-state index in [1.165, 1.54) is 11.8 Å². The third-order valence-corrected chi connectivity index (χ3v) is 6.31. The monoisotopic (exact) mass is 483 g/mol. The van der Waals surface area contributed by atoms with Crippen molar-refractivity contribution in [3.63, 3.8) is 0 Å². The molecule has 0 radical (unpaired) electrons. The van der Waals surface area contributed by atoms with E-state index in [-0.39, 0.29) is 12.5 Å². The lowest BCUT2D eigenvalue weighted by molar-refractivity contribution is -0.122. The number of benzene rings is 3. The molecule has 3 aromatic carbocycles. The van der Waals surface area contributed by atoms with Gasteiger partial charge in [0.25, 0.3) is 5.91 Å². The van der Waals surface area contributed by atoms with Crippen LogP contribution in [0.15, 0.2) is 82.7 Å². The molecule has 1 saturated heterocycles. The van der Waals surface area contributed by atoms with Gasteiger partial charge in [0.2, 0.25) is 0 Å². The van der Waals surface area contributed by atoms with Gasteiger partial charge in [0.1, 0.15) is 18.1 Å². The molecule has 1 amide bonds. The Balaban J connectivity index is 1.56. The summed E-state index contributed by atoms with van der Waals surface area (Å²) in [5.74, 6) is 1.33. The highest BCUT2D eigenvalue weighted by Gasteiger charge is 2.32. The number of hydrogen-bond donors (Lipinski definition) is 0. The zero-order chi connectivity index (χ0) is 24.6. The molecule has 1 heterocycles. The van der Waals surface area contributed by atoms with E-state index < -0.39 is 0 Å². The van der Waals surface area contributed by atoms with Gasteiger partial charge in [-0.2, -0.15) is 5.26 Å². The largest absolute Gasteiger partial charge is 0.494 e. The normalized spacial score (nSPS) is 15.5. The summed E-state index contributed by atoms with van der Waals surface area (Å²) in [5, 5.41) is 9.96. The fourth-order valence-electron chi connectivity index (χ4n) is 3.55. The van der Waals surface area contributed by atoms with Crippen LogP contribution >= 0.6 is 11.8 Å². The number of rotatable bonds is 8. The molecule has 1 aliphatic heterocycles. The molecule has 3 aromatic rings. The maximum absolute atomic E-state index is 13.1. The molecule has 1 fully saturated rings. The summed E-state index contributed by atoms with van der Waals surface area (Å²) in [4.78, 5) is 20.1. The molecule has 1 aliphatic rings. The minimum atomic E-state index is -0.0909. The Morgan fingerprint density at radius 2 is 1.74 bits per heavy atom. The first kappa shape index (κ1) is 24.1. The fraction of sp³-hybridized carbons (Fsp3) is 0.179. The molecule has 35 heavy (non-hydrogen) atoms. The average molecular weight is 484 g/mol. The summed E-state index contributed by atoms with van der Waals surface area (Å²) in [7, 11) is 0. The molecule has 0 atom stereocenters. The molecular weight excluding hydrogens is 458 g/mol. The summed E-state index contributed by atoms with van der Waals surface area (Å²) in [6.07, 6.45) is 1.84. The Morgan fingerprint density at radius 3 is 2.49 bits per heavy atom. The first-order valence-corrected chi connectivity index (χ1v) is 12.2. The quantitative estimate of drug-likeness (QED) is 0.359. The molecule has 0 aromatic heterocycles. The number of likely N-dealkylation sites (N-methyl/N-ethyl adjacent to an activating group) is 1. The molecule has 0 aliphatic carbocycles. The lowest BCUT2D eigenvalue weighted by atomic mass is 10.1. The van der Waals surface area contributed by atoms with Gasteiger partial charge in [0.05, 0.1) is 28.8 Å². The predicted octanol–water partition coefficient (Wildman–Crippen LogP) is 6.16. The smallest absolute Gasteiger partial charge is 0.266 e. The van der Waals surface area contributed by atoms with E-state index in [9.17, 15) is 10.1 Å². The van der Waals surface area contributed by atoms with Gasteiger partial charge in [-0.05, 0) is 68.1 Å². The lowest BCUT2D eigenvalue weighted by Crippen LogP contribution is -2.28. The van der Waals surface area contributed by atoms with Gasteiger partial charge in [-0.25, -0.2) is 4.99 Å². The highest BCUT2D eigenvalue weighted by Crippen LogP contribution is 2.35. The van der Waals surface area contributed by atoms with E-state index in [0.717, 1.165) is 22.6 Å². The van der Waals surface area contributed by atoms with E-state index in [1.807, 2.05) is 86.7 Å². The Labute approximate surface area is 209 Å². The molecule has 0 spiro atoms. The van der Waals surface area contributed by atoms with Crippen LogP contribution in [0, 0.1) is 11.3 Å². The fourth-order valence-corrected chi connectivity index (χ4v) is 4.60. The van der Waals surface area contributed by atoms with Crippen LogP contribution in [0.4, 0.5) is 5.69 Å². The summed E-state index contributed by atoms with van der Waals surface area (Å²) in [5.41, 5.74) is 2.93. The van der Waals surface area contributed by atoms with Gasteiger partial charge in [-0.15, -0.1) is 0 Å². The second-order valence-corrected chi connectivity index (χ2v) is 8.59. The molecule has 0 saturated carbocycles.